The number of nitriles is 1. The number of sulfone groups is 1. The maximum Gasteiger partial charge on any atom is 0.225 e. The molecule has 0 aliphatic carbocycles. The fourth-order valence-corrected chi connectivity index (χ4v) is 4.49. The van der Waals surface area contributed by atoms with Crippen molar-refractivity contribution in [2.24, 2.45) is 0 Å². The summed E-state index contributed by atoms with van der Waals surface area (Å²) in [5, 5.41) is 15.4. The molecule has 0 atom stereocenters. The topological polar surface area (TPSA) is 113 Å². The number of anilines is 1. The molecule has 0 radical (unpaired) electrons. The fourth-order valence-electron chi connectivity index (χ4n) is 2.95. The molecule has 0 saturated carbocycles. The van der Waals surface area contributed by atoms with E-state index in [1.165, 1.54) is 0 Å². The summed E-state index contributed by atoms with van der Waals surface area (Å²) in [5.74, 6) is -0.213. The van der Waals surface area contributed by atoms with Crippen molar-refractivity contribution < 1.29 is 17.7 Å². The lowest BCUT2D eigenvalue weighted by Crippen LogP contribution is -2.18. The molecule has 2 aromatic carbocycles. The van der Waals surface area contributed by atoms with Crippen LogP contribution in [0.5, 0.6) is 0 Å². The van der Waals surface area contributed by atoms with Gasteiger partial charge in [-0.15, -0.1) is 0 Å². The Balaban J connectivity index is 1.75. The van der Waals surface area contributed by atoms with Gasteiger partial charge in [0.25, 0.3) is 0 Å². The largest absolute Gasteiger partial charge is 0.356 e. The third-order valence-electron chi connectivity index (χ3n) is 4.84. The van der Waals surface area contributed by atoms with Crippen LogP contribution in [0.3, 0.4) is 0 Å². The highest BCUT2D eigenvalue weighted by atomic mass is 32.2. The molecule has 7 nitrogen and oxygen atoms in total. The van der Waals surface area contributed by atoms with Crippen LogP contribution in [0.15, 0.2) is 51.9 Å². The molecule has 0 aliphatic heterocycles. The Hall–Kier alpha value is -3.44. The molecule has 0 bridgehead atoms. The lowest BCUT2D eigenvalue weighted by atomic mass is 10.1. The number of nitrogens with one attached hydrogen (secondary N) is 1. The summed E-state index contributed by atoms with van der Waals surface area (Å²) in [6.07, 6.45) is -0.188. The van der Waals surface area contributed by atoms with Crippen molar-refractivity contribution >= 4 is 21.4 Å². The Bertz CT molecular complexity index is 1240. The Morgan fingerprint density at radius 2 is 1.83 bits per heavy atom. The molecule has 0 spiro atoms. The zero-order valence-electron chi connectivity index (χ0n) is 16.9. The van der Waals surface area contributed by atoms with Crippen LogP contribution < -0.4 is 5.32 Å². The third kappa shape index (κ3) is 4.58. The third-order valence-corrected chi connectivity index (χ3v) is 6.69. The summed E-state index contributed by atoms with van der Waals surface area (Å²) in [6, 6.07) is 13.4. The molecule has 0 fully saturated rings. The second-order valence-electron chi connectivity index (χ2n) is 7.01. The molecule has 3 aromatic rings. The van der Waals surface area contributed by atoms with Gasteiger partial charge in [0.1, 0.15) is 0 Å². The van der Waals surface area contributed by atoms with Gasteiger partial charge in [-0.1, -0.05) is 17.3 Å². The number of hydrogen-bond donors (Lipinski definition) is 1. The van der Waals surface area contributed by atoms with Crippen molar-refractivity contribution in [1.82, 2.24) is 5.16 Å². The van der Waals surface area contributed by atoms with Gasteiger partial charge in [-0.05, 0) is 56.7 Å². The minimum absolute atomic E-state index is 0.166. The van der Waals surface area contributed by atoms with E-state index in [4.69, 9.17) is 9.78 Å². The molecule has 30 heavy (non-hydrogen) atoms. The number of carbonyl (C=O) groups is 1. The summed E-state index contributed by atoms with van der Waals surface area (Å²) >= 11 is 0. The zero-order chi connectivity index (χ0) is 21.9. The summed E-state index contributed by atoms with van der Waals surface area (Å²) in [6.45, 7) is 5.40. The predicted molar refractivity (Wildman–Crippen MR) is 113 cm³/mol. The van der Waals surface area contributed by atoms with E-state index in [-0.39, 0.29) is 17.1 Å². The van der Waals surface area contributed by atoms with Crippen molar-refractivity contribution in [3.63, 3.8) is 0 Å². The van der Waals surface area contributed by atoms with Crippen molar-refractivity contribution in [2.45, 2.75) is 32.1 Å². The van der Waals surface area contributed by atoms with E-state index in [1.54, 1.807) is 49.4 Å². The lowest BCUT2D eigenvalue weighted by Gasteiger charge is -2.10. The highest BCUT2D eigenvalue weighted by Gasteiger charge is 2.21. The van der Waals surface area contributed by atoms with Gasteiger partial charge in [0.15, 0.2) is 15.6 Å². The van der Waals surface area contributed by atoms with Crippen LogP contribution >= 0.6 is 0 Å². The number of benzene rings is 2. The van der Waals surface area contributed by atoms with Crippen LogP contribution in [0.2, 0.25) is 0 Å². The fraction of sp³-hybridized carbons (Fsp3) is 0.227. The first kappa shape index (κ1) is 21.3. The van der Waals surface area contributed by atoms with Gasteiger partial charge >= 0.3 is 0 Å². The van der Waals surface area contributed by atoms with Crippen LogP contribution in [0.1, 0.15) is 28.8 Å². The van der Waals surface area contributed by atoms with Crippen LogP contribution in [0.25, 0.3) is 11.3 Å². The molecule has 1 heterocycles. The predicted octanol–water partition coefficient (Wildman–Crippen LogP) is 3.94. The van der Waals surface area contributed by atoms with E-state index in [0.29, 0.717) is 28.1 Å². The first-order chi connectivity index (χ1) is 14.2. The van der Waals surface area contributed by atoms with Crippen molar-refractivity contribution in [1.29, 1.82) is 5.26 Å². The zero-order valence-corrected chi connectivity index (χ0v) is 17.7. The molecule has 1 amide bonds. The molecular weight excluding hydrogens is 402 g/mol. The SMILES string of the molecule is Cc1ccc(-c2onc(C)c2C)cc1S(=O)(=O)CCC(=O)Nc1ccc(C#N)cc1. The van der Waals surface area contributed by atoms with Gasteiger partial charge < -0.3 is 9.84 Å². The number of nitrogens with zero attached hydrogens (tertiary/aromatic N) is 2. The quantitative estimate of drug-likeness (QED) is 0.642. The van der Waals surface area contributed by atoms with Crippen molar-refractivity contribution in [3.8, 4) is 17.4 Å². The highest BCUT2D eigenvalue weighted by Crippen LogP contribution is 2.29. The van der Waals surface area contributed by atoms with E-state index in [9.17, 15) is 13.2 Å². The van der Waals surface area contributed by atoms with E-state index in [1.807, 2.05) is 19.9 Å². The maximum absolute atomic E-state index is 12.9. The first-order valence-electron chi connectivity index (χ1n) is 9.28. The second kappa shape index (κ2) is 8.51. The van der Waals surface area contributed by atoms with Gasteiger partial charge in [0.05, 0.1) is 28.0 Å². The summed E-state index contributed by atoms with van der Waals surface area (Å²) in [4.78, 5) is 12.4. The van der Waals surface area contributed by atoms with Gasteiger partial charge in [0, 0.05) is 23.2 Å². The number of aryl methyl sites for hydroxylation is 2. The number of aromatic nitrogens is 1. The molecule has 0 unspecified atom stereocenters. The standard InChI is InChI=1S/C22H21N3O4S/c1-14-4-7-18(22-15(2)16(3)25-29-22)12-20(14)30(27,28)11-10-21(26)24-19-8-5-17(13-23)6-9-19/h4-9,12H,10-11H2,1-3H3,(H,24,26). The van der Waals surface area contributed by atoms with E-state index >= 15 is 0 Å². The molecule has 0 saturated heterocycles. The molecular formula is C22H21N3O4S. The Morgan fingerprint density at radius 1 is 1.13 bits per heavy atom. The van der Waals surface area contributed by atoms with Gasteiger partial charge in [-0.25, -0.2) is 8.42 Å². The summed E-state index contributed by atoms with van der Waals surface area (Å²) in [7, 11) is -3.69. The minimum Gasteiger partial charge on any atom is -0.356 e. The summed E-state index contributed by atoms with van der Waals surface area (Å²) in [5.41, 5.74) is 3.80. The van der Waals surface area contributed by atoms with Crippen molar-refractivity contribution in [2.75, 3.05) is 11.1 Å². The average Bonchev–Trinajstić information content (AvgIpc) is 3.06. The highest BCUT2D eigenvalue weighted by molar-refractivity contribution is 7.91. The molecule has 8 heteroatoms. The Labute approximate surface area is 175 Å². The Morgan fingerprint density at radius 3 is 2.43 bits per heavy atom. The molecule has 154 valence electrons. The number of hydrogen-bond acceptors (Lipinski definition) is 6. The second-order valence-corrected chi connectivity index (χ2v) is 9.09. The number of amides is 1. The normalized spacial score (nSPS) is 11.1. The average molecular weight is 423 g/mol. The number of carbonyl (C=O) groups excluding carboxylic acids is 1. The minimum atomic E-state index is -3.69. The summed E-state index contributed by atoms with van der Waals surface area (Å²) < 4.78 is 31.2. The van der Waals surface area contributed by atoms with Crippen LogP contribution in [-0.4, -0.2) is 25.2 Å². The maximum atomic E-state index is 12.9. The number of rotatable bonds is 6. The van der Waals surface area contributed by atoms with E-state index in [2.05, 4.69) is 10.5 Å². The van der Waals surface area contributed by atoms with E-state index in [0.717, 1.165) is 11.3 Å². The van der Waals surface area contributed by atoms with Gasteiger partial charge in [-0.2, -0.15) is 5.26 Å². The van der Waals surface area contributed by atoms with Crippen LogP contribution in [0.4, 0.5) is 5.69 Å². The lowest BCUT2D eigenvalue weighted by molar-refractivity contribution is -0.115. The van der Waals surface area contributed by atoms with Gasteiger partial charge in [-0.3, -0.25) is 4.79 Å². The first-order valence-corrected chi connectivity index (χ1v) is 10.9. The van der Waals surface area contributed by atoms with Crippen LogP contribution in [0, 0.1) is 32.1 Å². The molecule has 0 aliphatic rings. The molecule has 1 aromatic heterocycles. The van der Waals surface area contributed by atoms with E-state index < -0.39 is 15.7 Å². The molecule has 1 N–H and O–H groups in total. The molecule has 3 rings (SSSR count). The van der Waals surface area contributed by atoms with Crippen LogP contribution in [-0.2, 0) is 14.6 Å². The van der Waals surface area contributed by atoms with Gasteiger partial charge in [0.2, 0.25) is 5.91 Å². The Kier molecular flexibility index (Phi) is 6.04. The smallest absolute Gasteiger partial charge is 0.225 e. The monoisotopic (exact) mass is 423 g/mol. The van der Waals surface area contributed by atoms with Crippen molar-refractivity contribution in [3.05, 3.63) is 64.8 Å².